The first-order valence-corrected chi connectivity index (χ1v) is 7.64. The van der Waals surface area contributed by atoms with Crippen molar-refractivity contribution in [1.82, 2.24) is 4.98 Å². The quantitative estimate of drug-likeness (QED) is 0.789. The molecule has 1 saturated heterocycles. The Hall–Kier alpha value is -1.30. The summed E-state index contributed by atoms with van der Waals surface area (Å²) in [4.78, 5) is 6.50. The molecule has 0 radical (unpaired) electrons. The normalized spacial score (nSPS) is 26.4. The van der Waals surface area contributed by atoms with Crippen LogP contribution in [0.3, 0.4) is 0 Å². The van der Waals surface area contributed by atoms with Gasteiger partial charge in [-0.1, -0.05) is 0 Å². The van der Waals surface area contributed by atoms with Gasteiger partial charge in [-0.2, -0.15) is 0 Å². The van der Waals surface area contributed by atoms with Gasteiger partial charge in [0.05, 0.1) is 17.2 Å². The van der Waals surface area contributed by atoms with E-state index in [2.05, 4.69) is 15.2 Å². The zero-order chi connectivity index (χ0) is 11.9. The summed E-state index contributed by atoms with van der Waals surface area (Å²) < 4.78 is 23.1. The molecule has 2 aliphatic heterocycles. The first-order valence-electron chi connectivity index (χ1n) is 5.82. The predicted molar refractivity (Wildman–Crippen MR) is 67.1 cm³/mol. The fourth-order valence-corrected chi connectivity index (χ4v) is 4.29. The number of nitrogens with one attached hydrogen (secondary N) is 1. The lowest BCUT2D eigenvalue weighted by molar-refractivity contribution is 0.598. The van der Waals surface area contributed by atoms with Gasteiger partial charge in [0, 0.05) is 25.3 Å². The Bertz CT molecular complexity index is 529. The Morgan fingerprint density at radius 3 is 3.12 bits per heavy atom. The highest BCUT2D eigenvalue weighted by atomic mass is 32.2. The first kappa shape index (κ1) is 10.8. The topological polar surface area (TPSA) is 62.3 Å². The molecule has 0 aromatic carbocycles. The molecule has 0 spiro atoms. The number of rotatable bonds is 1. The van der Waals surface area contributed by atoms with E-state index in [4.69, 9.17) is 0 Å². The second kappa shape index (κ2) is 3.87. The van der Waals surface area contributed by atoms with Crippen LogP contribution in [0.2, 0.25) is 0 Å². The maximum absolute atomic E-state index is 11.5. The number of pyridine rings is 1. The minimum Gasteiger partial charge on any atom is -0.380 e. The Morgan fingerprint density at radius 1 is 1.47 bits per heavy atom. The van der Waals surface area contributed by atoms with Crippen LogP contribution < -0.4 is 10.2 Å². The van der Waals surface area contributed by atoms with Gasteiger partial charge in [-0.15, -0.1) is 0 Å². The largest absolute Gasteiger partial charge is 0.380 e. The average Bonchev–Trinajstić information content (AvgIpc) is 2.69. The predicted octanol–water partition coefficient (Wildman–Crippen LogP) is 0.501. The summed E-state index contributed by atoms with van der Waals surface area (Å²) in [6.45, 7) is 1.67. The molecule has 0 amide bonds. The molecule has 1 N–H and O–H groups in total. The van der Waals surface area contributed by atoms with Gasteiger partial charge in [-0.05, 0) is 18.6 Å². The van der Waals surface area contributed by atoms with E-state index in [-0.39, 0.29) is 11.8 Å². The second-order valence-electron chi connectivity index (χ2n) is 4.55. The third-order valence-electron chi connectivity index (χ3n) is 3.38. The summed E-state index contributed by atoms with van der Waals surface area (Å²) in [5.41, 5.74) is 1.00. The Kier molecular flexibility index (Phi) is 2.47. The standard InChI is InChI=1S/C11H15N3O2S/c15-17(16)7-3-9(8-17)14-6-5-12-10-2-1-4-13-11(10)14/h1-2,4,9,12H,3,5-8H2. The molecular weight excluding hydrogens is 238 g/mol. The molecule has 0 saturated carbocycles. The highest BCUT2D eigenvalue weighted by Gasteiger charge is 2.34. The van der Waals surface area contributed by atoms with Crippen molar-refractivity contribution >= 4 is 21.3 Å². The van der Waals surface area contributed by atoms with Crippen LogP contribution in [0.25, 0.3) is 0 Å². The SMILES string of the molecule is O=S1(=O)CCC(N2CCNc3cccnc32)C1. The second-order valence-corrected chi connectivity index (χ2v) is 6.78. The van der Waals surface area contributed by atoms with E-state index in [9.17, 15) is 8.42 Å². The van der Waals surface area contributed by atoms with Gasteiger partial charge in [-0.25, -0.2) is 13.4 Å². The van der Waals surface area contributed by atoms with Crippen molar-refractivity contribution < 1.29 is 8.42 Å². The molecule has 0 aliphatic carbocycles. The lowest BCUT2D eigenvalue weighted by atomic mass is 10.2. The summed E-state index contributed by atoms with van der Waals surface area (Å²) in [7, 11) is -2.84. The maximum Gasteiger partial charge on any atom is 0.152 e. The Labute approximate surface area is 101 Å². The molecule has 1 atom stereocenters. The molecule has 3 rings (SSSR count). The van der Waals surface area contributed by atoms with Crippen LogP contribution in [-0.4, -0.2) is 44.0 Å². The molecule has 1 aromatic rings. The fourth-order valence-electron chi connectivity index (χ4n) is 2.56. The minimum atomic E-state index is -2.84. The van der Waals surface area contributed by atoms with Crippen LogP contribution in [0.5, 0.6) is 0 Å². The molecule has 92 valence electrons. The summed E-state index contributed by atoms with van der Waals surface area (Å²) in [5.74, 6) is 1.47. The highest BCUT2D eigenvalue weighted by molar-refractivity contribution is 7.91. The lowest BCUT2D eigenvalue weighted by Gasteiger charge is -2.34. The van der Waals surface area contributed by atoms with Gasteiger partial charge in [0.25, 0.3) is 0 Å². The van der Waals surface area contributed by atoms with E-state index in [0.717, 1.165) is 31.0 Å². The van der Waals surface area contributed by atoms with Gasteiger partial charge in [0.15, 0.2) is 15.7 Å². The van der Waals surface area contributed by atoms with E-state index >= 15 is 0 Å². The number of fused-ring (bicyclic) bond motifs is 1. The number of hydrogen-bond donors (Lipinski definition) is 1. The number of nitrogens with zero attached hydrogens (tertiary/aromatic N) is 2. The van der Waals surface area contributed by atoms with Crippen LogP contribution >= 0.6 is 0 Å². The number of sulfone groups is 1. The summed E-state index contributed by atoms with van der Waals surface area (Å²) in [5, 5.41) is 3.28. The van der Waals surface area contributed by atoms with Gasteiger partial charge in [0.1, 0.15) is 0 Å². The molecular formula is C11H15N3O2S. The Balaban J connectivity index is 1.91. The molecule has 6 heteroatoms. The lowest BCUT2D eigenvalue weighted by Crippen LogP contribution is -2.43. The van der Waals surface area contributed by atoms with Crippen molar-refractivity contribution in [1.29, 1.82) is 0 Å². The van der Waals surface area contributed by atoms with Crippen LogP contribution in [0, 0.1) is 0 Å². The highest BCUT2D eigenvalue weighted by Crippen LogP contribution is 2.30. The van der Waals surface area contributed by atoms with Crippen LogP contribution in [-0.2, 0) is 9.84 Å². The van der Waals surface area contributed by atoms with Crippen LogP contribution in [0.15, 0.2) is 18.3 Å². The molecule has 1 aromatic heterocycles. The van der Waals surface area contributed by atoms with Crippen molar-refractivity contribution in [2.45, 2.75) is 12.5 Å². The minimum absolute atomic E-state index is 0.0933. The number of aromatic nitrogens is 1. The van der Waals surface area contributed by atoms with Gasteiger partial charge < -0.3 is 10.2 Å². The molecule has 3 heterocycles. The van der Waals surface area contributed by atoms with Crippen molar-refractivity contribution in [2.24, 2.45) is 0 Å². The van der Waals surface area contributed by atoms with Crippen molar-refractivity contribution in [3.05, 3.63) is 18.3 Å². The zero-order valence-corrected chi connectivity index (χ0v) is 10.3. The molecule has 17 heavy (non-hydrogen) atoms. The summed E-state index contributed by atoms with van der Waals surface area (Å²) >= 11 is 0. The van der Waals surface area contributed by atoms with Crippen LogP contribution in [0.4, 0.5) is 11.5 Å². The van der Waals surface area contributed by atoms with E-state index < -0.39 is 9.84 Å². The van der Waals surface area contributed by atoms with Gasteiger partial charge >= 0.3 is 0 Å². The van der Waals surface area contributed by atoms with Crippen molar-refractivity contribution in [2.75, 3.05) is 34.8 Å². The molecule has 5 nitrogen and oxygen atoms in total. The van der Waals surface area contributed by atoms with E-state index in [1.54, 1.807) is 6.20 Å². The Morgan fingerprint density at radius 2 is 2.35 bits per heavy atom. The van der Waals surface area contributed by atoms with Crippen molar-refractivity contribution in [3.8, 4) is 0 Å². The maximum atomic E-state index is 11.5. The van der Waals surface area contributed by atoms with E-state index in [1.807, 2.05) is 12.1 Å². The summed E-state index contributed by atoms with van der Waals surface area (Å²) in [6.07, 6.45) is 2.47. The third-order valence-corrected chi connectivity index (χ3v) is 5.13. The monoisotopic (exact) mass is 253 g/mol. The smallest absolute Gasteiger partial charge is 0.152 e. The molecule has 2 aliphatic rings. The zero-order valence-electron chi connectivity index (χ0n) is 9.46. The average molecular weight is 253 g/mol. The van der Waals surface area contributed by atoms with E-state index in [0.29, 0.717) is 5.75 Å². The third kappa shape index (κ3) is 1.97. The first-order chi connectivity index (χ1) is 8.16. The van der Waals surface area contributed by atoms with E-state index in [1.165, 1.54) is 0 Å². The molecule has 1 fully saturated rings. The molecule has 1 unspecified atom stereocenters. The fraction of sp³-hybridized carbons (Fsp3) is 0.545. The van der Waals surface area contributed by atoms with Gasteiger partial charge in [-0.3, -0.25) is 0 Å². The van der Waals surface area contributed by atoms with Gasteiger partial charge in [0.2, 0.25) is 0 Å². The van der Waals surface area contributed by atoms with Crippen molar-refractivity contribution in [3.63, 3.8) is 0 Å². The number of anilines is 2. The number of hydrogen-bond acceptors (Lipinski definition) is 5. The van der Waals surface area contributed by atoms with Crippen LogP contribution in [0.1, 0.15) is 6.42 Å². The molecule has 0 bridgehead atoms. The summed E-state index contributed by atoms with van der Waals surface area (Å²) in [6, 6.07) is 3.97.